The second kappa shape index (κ2) is 4.38. The molecule has 88 valence electrons. The highest BCUT2D eigenvalue weighted by atomic mass is 35.5. The van der Waals surface area contributed by atoms with E-state index in [1.807, 2.05) is 0 Å². The molecule has 1 unspecified atom stereocenters. The second-order valence-electron chi connectivity index (χ2n) is 2.59. The van der Waals surface area contributed by atoms with Crippen molar-refractivity contribution >= 4 is 28.1 Å². The minimum absolute atomic E-state index is 0.429. The Kier molecular flexibility index (Phi) is 3.54. The zero-order valence-corrected chi connectivity index (χ0v) is 8.90. The molecule has 1 aromatic rings. The zero-order valence-electron chi connectivity index (χ0n) is 7.32. The van der Waals surface area contributed by atoms with Crippen LogP contribution in [0.1, 0.15) is 0 Å². The molecule has 0 spiro atoms. The van der Waals surface area contributed by atoms with Crippen molar-refractivity contribution in [3.63, 3.8) is 0 Å². The largest absolute Gasteiger partial charge is 0.475 e. The Hall–Kier alpha value is -1.15. The third-order valence-electron chi connectivity index (χ3n) is 1.54. The van der Waals surface area contributed by atoms with Gasteiger partial charge in [0.15, 0.2) is 10.8 Å². The number of halogens is 4. The van der Waals surface area contributed by atoms with Gasteiger partial charge in [-0.3, -0.25) is 10.1 Å². The average molecular weight is 274 g/mol. The van der Waals surface area contributed by atoms with Crippen LogP contribution >= 0.6 is 11.6 Å². The molecule has 0 saturated heterocycles. The summed E-state index contributed by atoms with van der Waals surface area (Å²) in [4.78, 5) is 8.61. The van der Waals surface area contributed by atoms with E-state index in [0.717, 1.165) is 12.1 Å². The Morgan fingerprint density at radius 2 is 1.94 bits per heavy atom. The molecule has 0 fully saturated rings. The van der Waals surface area contributed by atoms with Gasteiger partial charge in [-0.1, -0.05) is 11.6 Å². The first-order valence-electron chi connectivity index (χ1n) is 3.66. The number of non-ortho nitro benzene ring substituents is 1. The van der Waals surface area contributed by atoms with Crippen LogP contribution in [-0.4, -0.2) is 14.6 Å². The average Bonchev–Trinajstić information content (AvgIpc) is 2.15. The van der Waals surface area contributed by atoms with Crippen molar-refractivity contribution in [3.8, 4) is 0 Å². The zero-order chi connectivity index (χ0) is 12.5. The first-order valence-corrected chi connectivity index (χ1v) is 5.19. The van der Waals surface area contributed by atoms with Crippen LogP contribution in [0.15, 0.2) is 23.1 Å². The molecule has 0 radical (unpaired) electrons. The van der Waals surface area contributed by atoms with Gasteiger partial charge in [0.2, 0.25) is 0 Å². The number of hydrogen-bond acceptors (Lipinski definition) is 3. The lowest BCUT2D eigenvalue weighted by Gasteiger charge is -2.07. The molecule has 0 aromatic heterocycles. The summed E-state index contributed by atoms with van der Waals surface area (Å²) >= 11 is 5.39. The van der Waals surface area contributed by atoms with E-state index in [9.17, 15) is 27.5 Å². The Bertz CT molecular complexity index is 463. The number of alkyl halides is 3. The van der Waals surface area contributed by atoms with Crippen molar-refractivity contribution in [2.75, 3.05) is 0 Å². The molecule has 0 aliphatic heterocycles. The van der Waals surface area contributed by atoms with E-state index in [-0.39, 0.29) is 0 Å². The van der Waals surface area contributed by atoms with Gasteiger partial charge in [0, 0.05) is 12.1 Å². The predicted molar refractivity (Wildman–Crippen MR) is 50.6 cm³/mol. The quantitative estimate of drug-likeness (QED) is 0.615. The van der Waals surface area contributed by atoms with Crippen LogP contribution in [0.2, 0.25) is 5.02 Å². The SMILES string of the molecule is O=[N+]([O-])c1ccc(Cl)c(S(=O)C(F)(F)F)c1. The van der Waals surface area contributed by atoms with Gasteiger partial charge in [-0.05, 0) is 6.07 Å². The summed E-state index contributed by atoms with van der Waals surface area (Å²) in [5, 5.41) is 9.89. The van der Waals surface area contributed by atoms with E-state index in [1.165, 1.54) is 0 Å². The molecule has 0 aliphatic rings. The van der Waals surface area contributed by atoms with Gasteiger partial charge in [-0.15, -0.1) is 0 Å². The smallest absolute Gasteiger partial charge is 0.258 e. The van der Waals surface area contributed by atoms with Crippen LogP contribution in [0.3, 0.4) is 0 Å². The molecule has 0 heterocycles. The summed E-state index contributed by atoms with van der Waals surface area (Å²) in [6.45, 7) is 0. The summed E-state index contributed by atoms with van der Waals surface area (Å²) < 4.78 is 47.3. The predicted octanol–water partition coefficient (Wildman–Crippen LogP) is 2.88. The molecule has 1 rings (SSSR count). The fourth-order valence-electron chi connectivity index (χ4n) is 0.872. The van der Waals surface area contributed by atoms with Crippen LogP contribution in [0, 0.1) is 10.1 Å². The standard InChI is InChI=1S/C7H3ClF3NO3S/c8-5-2-1-4(12(13)14)3-6(5)16(15)7(9,10)11/h1-3H. The highest BCUT2D eigenvalue weighted by molar-refractivity contribution is 7.86. The minimum Gasteiger partial charge on any atom is -0.258 e. The number of nitro groups is 1. The van der Waals surface area contributed by atoms with Gasteiger partial charge in [0.05, 0.1) is 14.8 Å². The Morgan fingerprint density at radius 1 is 1.38 bits per heavy atom. The Balaban J connectivity index is 3.28. The molecule has 0 saturated carbocycles. The molecule has 1 atom stereocenters. The number of benzene rings is 1. The molecule has 9 heteroatoms. The summed E-state index contributed by atoms with van der Waals surface area (Å²) in [5.41, 5.74) is -5.60. The fourth-order valence-corrected chi connectivity index (χ4v) is 1.92. The summed E-state index contributed by atoms with van der Waals surface area (Å²) in [6, 6.07) is 2.38. The van der Waals surface area contributed by atoms with E-state index in [2.05, 4.69) is 0 Å². The number of rotatable bonds is 2. The lowest BCUT2D eigenvalue weighted by molar-refractivity contribution is -0.385. The van der Waals surface area contributed by atoms with Crippen molar-refractivity contribution in [3.05, 3.63) is 33.3 Å². The van der Waals surface area contributed by atoms with Crippen molar-refractivity contribution in [1.29, 1.82) is 0 Å². The van der Waals surface area contributed by atoms with Gasteiger partial charge in [0.25, 0.3) is 5.69 Å². The Labute approximate surface area is 94.6 Å². The maximum Gasteiger partial charge on any atom is 0.475 e. The van der Waals surface area contributed by atoms with Crippen LogP contribution in [0.25, 0.3) is 0 Å². The number of nitro benzene ring substituents is 1. The summed E-state index contributed by atoms with van der Waals surface area (Å²) in [5.74, 6) is 0. The molecule has 0 amide bonds. The normalized spacial score (nSPS) is 13.5. The first-order chi connectivity index (χ1) is 7.23. The lowest BCUT2D eigenvalue weighted by atomic mass is 10.3. The molecule has 16 heavy (non-hydrogen) atoms. The maximum atomic E-state index is 12.1. The van der Waals surface area contributed by atoms with E-state index in [4.69, 9.17) is 11.6 Å². The highest BCUT2D eigenvalue weighted by Gasteiger charge is 2.39. The van der Waals surface area contributed by atoms with Gasteiger partial charge in [-0.25, -0.2) is 4.21 Å². The lowest BCUT2D eigenvalue weighted by Crippen LogP contribution is -2.16. The van der Waals surface area contributed by atoms with Crippen molar-refractivity contribution < 1.29 is 22.3 Å². The first kappa shape index (κ1) is 12.9. The summed E-state index contributed by atoms with van der Waals surface area (Å²) in [6.07, 6.45) is 0. The summed E-state index contributed by atoms with van der Waals surface area (Å²) in [7, 11) is -3.38. The molecule has 0 bridgehead atoms. The fraction of sp³-hybridized carbons (Fsp3) is 0.143. The van der Waals surface area contributed by atoms with Crippen molar-refractivity contribution in [2.24, 2.45) is 0 Å². The maximum absolute atomic E-state index is 12.1. The van der Waals surface area contributed by atoms with E-state index in [0.29, 0.717) is 6.07 Å². The minimum atomic E-state index is -5.00. The molecular weight excluding hydrogens is 271 g/mol. The van der Waals surface area contributed by atoms with Crippen LogP contribution < -0.4 is 0 Å². The number of hydrogen-bond donors (Lipinski definition) is 0. The molecule has 4 nitrogen and oxygen atoms in total. The van der Waals surface area contributed by atoms with Crippen LogP contribution in [0.5, 0.6) is 0 Å². The van der Waals surface area contributed by atoms with Crippen LogP contribution in [-0.2, 0) is 10.8 Å². The van der Waals surface area contributed by atoms with Gasteiger partial charge >= 0.3 is 5.51 Å². The van der Waals surface area contributed by atoms with Gasteiger partial charge in [-0.2, -0.15) is 13.2 Å². The van der Waals surface area contributed by atoms with Crippen molar-refractivity contribution in [1.82, 2.24) is 0 Å². The monoisotopic (exact) mass is 273 g/mol. The van der Waals surface area contributed by atoms with Crippen molar-refractivity contribution in [2.45, 2.75) is 10.4 Å². The third-order valence-corrected chi connectivity index (χ3v) is 3.13. The van der Waals surface area contributed by atoms with Crippen LogP contribution in [0.4, 0.5) is 18.9 Å². The van der Waals surface area contributed by atoms with E-state index in [1.54, 1.807) is 0 Å². The van der Waals surface area contributed by atoms with E-state index >= 15 is 0 Å². The highest BCUT2D eigenvalue weighted by Crippen LogP contribution is 2.32. The molecule has 1 aromatic carbocycles. The number of nitrogens with zero attached hydrogens (tertiary/aromatic N) is 1. The third kappa shape index (κ3) is 2.70. The Morgan fingerprint density at radius 3 is 2.38 bits per heavy atom. The second-order valence-corrected chi connectivity index (χ2v) is 4.43. The van der Waals surface area contributed by atoms with Gasteiger partial charge in [0.1, 0.15) is 0 Å². The molecular formula is C7H3ClF3NO3S. The molecule has 0 N–H and O–H groups in total. The topological polar surface area (TPSA) is 60.2 Å². The van der Waals surface area contributed by atoms with E-state index < -0.39 is 36.8 Å². The van der Waals surface area contributed by atoms with Gasteiger partial charge < -0.3 is 0 Å². The molecule has 0 aliphatic carbocycles.